The summed E-state index contributed by atoms with van der Waals surface area (Å²) in [6, 6.07) is 3.59. The first kappa shape index (κ1) is 14.1. The molecule has 1 aromatic rings. The van der Waals surface area contributed by atoms with E-state index in [0.717, 1.165) is 25.7 Å². The Labute approximate surface area is 117 Å². The van der Waals surface area contributed by atoms with E-state index in [1.807, 2.05) is 11.4 Å². The Bertz CT molecular complexity index is 410. The summed E-state index contributed by atoms with van der Waals surface area (Å²) in [7, 11) is 0. The standard InChI is InChI=1S/C14H19NO3S/c16-13(18-11-5-2-1-3-6-11)8-9-15-14(17)12-7-4-10-19-12/h4,7,10-11H,1-3,5-6,8-9H2,(H,15,17). The Morgan fingerprint density at radius 3 is 2.79 bits per heavy atom. The van der Waals surface area contributed by atoms with E-state index >= 15 is 0 Å². The summed E-state index contributed by atoms with van der Waals surface area (Å²) in [6.45, 7) is 0.336. The van der Waals surface area contributed by atoms with Gasteiger partial charge in [-0.05, 0) is 37.1 Å². The summed E-state index contributed by atoms with van der Waals surface area (Å²) in [4.78, 5) is 23.9. The van der Waals surface area contributed by atoms with Crippen molar-refractivity contribution in [2.45, 2.75) is 44.6 Å². The van der Waals surface area contributed by atoms with Gasteiger partial charge in [0, 0.05) is 6.54 Å². The molecule has 4 nitrogen and oxygen atoms in total. The van der Waals surface area contributed by atoms with E-state index in [4.69, 9.17) is 4.74 Å². The quantitative estimate of drug-likeness (QED) is 0.844. The molecule has 1 N–H and O–H groups in total. The second kappa shape index (κ2) is 7.28. The second-order valence-corrected chi connectivity index (χ2v) is 5.68. The van der Waals surface area contributed by atoms with Gasteiger partial charge in [0.2, 0.25) is 0 Å². The van der Waals surface area contributed by atoms with Gasteiger partial charge in [0.1, 0.15) is 6.10 Å². The maximum Gasteiger partial charge on any atom is 0.307 e. The lowest BCUT2D eigenvalue weighted by atomic mass is 9.98. The van der Waals surface area contributed by atoms with Crippen LogP contribution in [-0.4, -0.2) is 24.5 Å². The molecule has 1 amide bonds. The first-order valence-corrected chi connectivity index (χ1v) is 7.65. The number of thiophene rings is 1. The van der Waals surface area contributed by atoms with E-state index in [2.05, 4.69) is 5.32 Å². The van der Waals surface area contributed by atoms with Crippen LogP contribution < -0.4 is 5.32 Å². The van der Waals surface area contributed by atoms with Crippen molar-refractivity contribution in [1.82, 2.24) is 5.32 Å². The fraction of sp³-hybridized carbons (Fsp3) is 0.571. The van der Waals surface area contributed by atoms with E-state index in [-0.39, 0.29) is 24.4 Å². The predicted octanol–water partition coefficient (Wildman–Crippen LogP) is 2.74. The lowest BCUT2D eigenvalue weighted by molar-refractivity contribution is -0.150. The zero-order chi connectivity index (χ0) is 13.5. The van der Waals surface area contributed by atoms with Crippen LogP contribution in [0.1, 0.15) is 48.2 Å². The van der Waals surface area contributed by atoms with Gasteiger partial charge in [0.15, 0.2) is 0 Å². The highest BCUT2D eigenvalue weighted by molar-refractivity contribution is 7.12. The third-order valence-electron chi connectivity index (χ3n) is 3.21. The topological polar surface area (TPSA) is 55.4 Å². The summed E-state index contributed by atoms with van der Waals surface area (Å²) < 4.78 is 5.38. The summed E-state index contributed by atoms with van der Waals surface area (Å²) in [5, 5.41) is 4.58. The van der Waals surface area contributed by atoms with Gasteiger partial charge in [-0.2, -0.15) is 0 Å². The van der Waals surface area contributed by atoms with Crippen LogP contribution in [0.4, 0.5) is 0 Å². The third kappa shape index (κ3) is 4.67. The molecule has 1 aliphatic carbocycles. The van der Waals surface area contributed by atoms with Crippen molar-refractivity contribution in [2.75, 3.05) is 6.54 Å². The molecule has 1 aliphatic rings. The van der Waals surface area contributed by atoms with Crippen molar-refractivity contribution in [3.8, 4) is 0 Å². The Kier molecular flexibility index (Phi) is 5.39. The fourth-order valence-corrected chi connectivity index (χ4v) is 2.84. The first-order chi connectivity index (χ1) is 9.25. The molecule has 2 rings (SSSR count). The smallest absolute Gasteiger partial charge is 0.307 e. The van der Waals surface area contributed by atoms with Crippen molar-refractivity contribution < 1.29 is 14.3 Å². The highest BCUT2D eigenvalue weighted by atomic mass is 32.1. The van der Waals surface area contributed by atoms with Crippen LogP contribution in [0.2, 0.25) is 0 Å². The van der Waals surface area contributed by atoms with Crippen molar-refractivity contribution in [3.63, 3.8) is 0 Å². The van der Waals surface area contributed by atoms with Gasteiger partial charge >= 0.3 is 5.97 Å². The molecule has 5 heteroatoms. The third-order valence-corrected chi connectivity index (χ3v) is 4.08. The summed E-state index contributed by atoms with van der Waals surface area (Å²) >= 11 is 1.39. The van der Waals surface area contributed by atoms with Gasteiger partial charge in [-0.25, -0.2) is 0 Å². The zero-order valence-electron chi connectivity index (χ0n) is 10.9. The molecular weight excluding hydrogens is 262 g/mol. The molecule has 0 saturated heterocycles. The number of amides is 1. The van der Waals surface area contributed by atoms with Crippen molar-refractivity contribution in [2.24, 2.45) is 0 Å². The van der Waals surface area contributed by atoms with E-state index in [0.29, 0.717) is 11.4 Å². The average Bonchev–Trinajstić information content (AvgIpc) is 2.93. The van der Waals surface area contributed by atoms with E-state index < -0.39 is 0 Å². The molecule has 0 spiro atoms. The number of rotatable bonds is 5. The minimum absolute atomic E-state index is 0.0919. The van der Waals surface area contributed by atoms with E-state index in [1.54, 1.807) is 6.07 Å². The van der Waals surface area contributed by atoms with Crippen molar-refractivity contribution in [3.05, 3.63) is 22.4 Å². The first-order valence-electron chi connectivity index (χ1n) is 6.77. The van der Waals surface area contributed by atoms with Gasteiger partial charge in [-0.1, -0.05) is 12.5 Å². The van der Waals surface area contributed by atoms with Gasteiger partial charge in [-0.15, -0.1) is 11.3 Å². The highest BCUT2D eigenvalue weighted by Gasteiger charge is 2.17. The maximum absolute atomic E-state index is 11.6. The molecule has 19 heavy (non-hydrogen) atoms. The molecule has 0 bridgehead atoms. The van der Waals surface area contributed by atoms with Crippen LogP contribution in [-0.2, 0) is 9.53 Å². The summed E-state index contributed by atoms with van der Waals surface area (Å²) in [5.41, 5.74) is 0. The average molecular weight is 281 g/mol. The predicted molar refractivity (Wildman–Crippen MR) is 74.2 cm³/mol. The zero-order valence-corrected chi connectivity index (χ0v) is 11.7. The number of carbonyl (C=O) groups excluding carboxylic acids is 2. The molecule has 1 aromatic heterocycles. The Morgan fingerprint density at radius 2 is 2.11 bits per heavy atom. The number of nitrogens with one attached hydrogen (secondary N) is 1. The molecule has 1 heterocycles. The normalized spacial score (nSPS) is 16.0. The molecular formula is C14H19NO3S. The number of esters is 1. The van der Waals surface area contributed by atoms with Crippen LogP contribution in [0.3, 0.4) is 0 Å². The maximum atomic E-state index is 11.6. The Hall–Kier alpha value is -1.36. The monoisotopic (exact) mass is 281 g/mol. The van der Waals surface area contributed by atoms with E-state index in [9.17, 15) is 9.59 Å². The molecule has 1 fully saturated rings. The van der Waals surface area contributed by atoms with Gasteiger partial charge in [0.25, 0.3) is 5.91 Å². The lowest BCUT2D eigenvalue weighted by Gasteiger charge is -2.21. The molecule has 0 unspecified atom stereocenters. The Morgan fingerprint density at radius 1 is 1.32 bits per heavy atom. The molecule has 1 saturated carbocycles. The van der Waals surface area contributed by atoms with Gasteiger partial charge < -0.3 is 10.1 Å². The van der Waals surface area contributed by atoms with Gasteiger partial charge in [-0.3, -0.25) is 9.59 Å². The van der Waals surface area contributed by atoms with Crippen LogP contribution in [0.15, 0.2) is 17.5 Å². The van der Waals surface area contributed by atoms with Crippen LogP contribution >= 0.6 is 11.3 Å². The molecule has 0 aromatic carbocycles. The van der Waals surface area contributed by atoms with Crippen LogP contribution in [0.25, 0.3) is 0 Å². The van der Waals surface area contributed by atoms with Crippen LogP contribution in [0, 0.1) is 0 Å². The van der Waals surface area contributed by atoms with Crippen molar-refractivity contribution in [1.29, 1.82) is 0 Å². The Balaban J connectivity index is 1.62. The highest BCUT2D eigenvalue weighted by Crippen LogP contribution is 2.20. The van der Waals surface area contributed by atoms with Gasteiger partial charge in [0.05, 0.1) is 11.3 Å². The number of hydrogen-bond donors (Lipinski definition) is 1. The van der Waals surface area contributed by atoms with Crippen molar-refractivity contribution >= 4 is 23.2 Å². The second-order valence-electron chi connectivity index (χ2n) is 4.73. The molecule has 0 aliphatic heterocycles. The lowest BCUT2D eigenvalue weighted by Crippen LogP contribution is -2.27. The number of hydrogen-bond acceptors (Lipinski definition) is 4. The number of ether oxygens (including phenoxy) is 1. The minimum atomic E-state index is -0.210. The SMILES string of the molecule is O=C(CCNC(=O)c1cccs1)OC1CCCCC1. The summed E-state index contributed by atoms with van der Waals surface area (Å²) in [6.07, 6.45) is 5.83. The molecule has 0 atom stereocenters. The summed E-state index contributed by atoms with van der Waals surface area (Å²) in [5.74, 6) is -0.334. The minimum Gasteiger partial charge on any atom is -0.462 e. The van der Waals surface area contributed by atoms with E-state index in [1.165, 1.54) is 17.8 Å². The molecule has 104 valence electrons. The largest absolute Gasteiger partial charge is 0.462 e. The van der Waals surface area contributed by atoms with Crippen LogP contribution in [0.5, 0.6) is 0 Å². The fourth-order valence-electron chi connectivity index (χ4n) is 2.20. The molecule has 0 radical (unpaired) electrons. The number of carbonyl (C=O) groups is 2.